The molecule has 0 saturated heterocycles. The summed E-state index contributed by atoms with van der Waals surface area (Å²) < 4.78 is 0. The third-order valence-corrected chi connectivity index (χ3v) is 4.75. The monoisotopic (exact) mass is 223 g/mol. The molecule has 1 N–H and O–H groups in total. The van der Waals surface area contributed by atoms with Crippen LogP contribution in [0.2, 0.25) is 0 Å². The second-order valence-electron chi connectivity index (χ2n) is 6.39. The molecule has 2 aliphatic rings. The van der Waals surface area contributed by atoms with E-state index in [1.165, 1.54) is 45.1 Å². The quantitative estimate of drug-likeness (QED) is 0.747. The van der Waals surface area contributed by atoms with Gasteiger partial charge in [0.25, 0.3) is 0 Å². The largest absolute Gasteiger partial charge is 0.313 e. The normalized spacial score (nSPS) is 40.7. The Morgan fingerprint density at radius 1 is 1.19 bits per heavy atom. The zero-order chi connectivity index (χ0) is 11.5. The van der Waals surface area contributed by atoms with Crippen LogP contribution in [-0.2, 0) is 0 Å². The van der Waals surface area contributed by atoms with Gasteiger partial charge >= 0.3 is 0 Å². The first kappa shape index (κ1) is 12.4. The Labute approximate surface area is 101 Å². The average molecular weight is 223 g/mol. The van der Waals surface area contributed by atoms with Crippen LogP contribution in [0.5, 0.6) is 0 Å². The molecule has 0 bridgehead atoms. The maximum atomic E-state index is 3.85. The minimum Gasteiger partial charge on any atom is -0.313 e. The van der Waals surface area contributed by atoms with E-state index in [0.29, 0.717) is 0 Å². The Morgan fingerprint density at radius 3 is 2.50 bits per heavy atom. The first-order valence-corrected chi connectivity index (χ1v) is 7.45. The Morgan fingerprint density at radius 2 is 1.94 bits per heavy atom. The van der Waals surface area contributed by atoms with Crippen molar-refractivity contribution in [2.24, 2.45) is 23.7 Å². The van der Waals surface area contributed by atoms with Crippen LogP contribution < -0.4 is 5.32 Å². The molecular formula is C15H29N. The van der Waals surface area contributed by atoms with Gasteiger partial charge in [-0.3, -0.25) is 0 Å². The van der Waals surface area contributed by atoms with Gasteiger partial charge in [-0.25, -0.2) is 0 Å². The third-order valence-electron chi connectivity index (χ3n) is 4.75. The van der Waals surface area contributed by atoms with Gasteiger partial charge in [0.2, 0.25) is 0 Å². The van der Waals surface area contributed by atoms with Gasteiger partial charge < -0.3 is 5.32 Å². The summed E-state index contributed by atoms with van der Waals surface area (Å²) >= 11 is 0. The summed E-state index contributed by atoms with van der Waals surface area (Å²) in [4.78, 5) is 0. The van der Waals surface area contributed by atoms with Crippen LogP contribution in [0.4, 0.5) is 0 Å². The second kappa shape index (κ2) is 5.53. The summed E-state index contributed by atoms with van der Waals surface area (Å²) in [6.45, 7) is 8.37. The van der Waals surface area contributed by atoms with E-state index < -0.39 is 0 Å². The van der Waals surface area contributed by atoms with Gasteiger partial charge in [-0.2, -0.15) is 0 Å². The van der Waals surface area contributed by atoms with Crippen molar-refractivity contribution in [1.82, 2.24) is 5.32 Å². The Balaban J connectivity index is 1.89. The molecule has 0 spiro atoms. The van der Waals surface area contributed by atoms with Crippen LogP contribution >= 0.6 is 0 Å². The highest BCUT2D eigenvalue weighted by Gasteiger charge is 2.43. The minimum absolute atomic E-state index is 0.845. The summed E-state index contributed by atoms with van der Waals surface area (Å²) in [6, 6.07) is 0.845. The summed E-state index contributed by atoms with van der Waals surface area (Å²) in [5, 5.41) is 3.85. The molecule has 2 aliphatic carbocycles. The fourth-order valence-electron chi connectivity index (χ4n) is 3.64. The van der Waals surface area contributed by atoms with E-state index >= 15 is 0 Å². The standard InChI is InChI=1S/C15H29N/c1-4-8-16-15(14-10-12(14)3)13-7-5-6-11(2)9-13/h11-16H,4-10H2,1-3H3. The zero-order valence-electron chi connectivity index (χ0n) is 11.3. The lowest BCUT2D eigenvalue weighted by atomic mass is 9.77. The van der Waals surface area contributed by atoms with E-state index in [4.69, 9.17) is 0 Å². The molecule has 0 aromatic heterocycles. The Bertz CT molecular complexity index is 213. The summed E-state index contributed by atoms with van der Waals surface area (Å²) in [7, 11) is 0. The summed E-state index contributed by atoms with van der Waals surface area (Å²) in [5.41, 5.74) is 0. The van der Waals surface area contributed by atoms with Gasteiger partial charge in [0.05, 0.1) is 0 Å². The summed E-state index contributed by atoms with van der Waals surface area (Å²) in [6.07, 6.45) is 8.65. The lowest BCUT2D eigenvalue weighted by Crippen LogP contribution is -2.40. The van der Waals surface area contributed by atoms with Crippen molar-refractivity contribution in [1.29, 1.82) is 0 Å². The predicted molar refractivity (Wildman–Crippen MR) is 70.5 cm³/mol. The highest BCUT2D eigenvalue weighted by molar-refractivity contribution is 4.96. The first-order valence-electron chi connectivity index (χ1n) is 7.45. The first-order chi connectivity index (χ1) is 7.72. The van der Waals surface area contributed by atoms with Gasteiger partial charge in [-0.05, 0) is 55.9 Å². The van der Waals surface area contributed by atoms with E-state index in [1.54, 1.807) is 0 Å². The van der Waals surface area contributed by atoms with Crippen molar-refractivity contribution in [2.75, 3.05) is 6.54 Å². The van der Waals surface area contributed by atoms with Crippen LogP contribution in [0.1, 0.15) is 59.3 Å². The van der Waals surface area contributed by atoms with Crippen LogP contribution in [0.3, 0.4) is 0 Å². The molecule has 1 nitrogen and oxygen atoms in total. The molecule has 16 heavy (non-hydrogen) atoms. The van der Waals surface area contributed by atoms with Gasteiger partial charge in [0.15, 0.2) is 0 Å². The molecule has 0 aromatic carbocycles. The Kier molecular flexibility index (Phi) is 4.29. The minimum atomic E-state index is 0.845. The molecular weight excluding hydrogens is 194 g/mol. The zero-order valence-corrected chi connectivity index (χ0v) is 11.3. The topological polar surface area (TPSA) is 12.0 Å². The van der Waals surface area contributed by atoms with E-state index in [0.717, 1.165) is 29.7 Å². The number of hydrogen-bond acceptors (Lipinski definition) is 1. The highest BCUT2D eigenvalue weighted by atomic mass is 14.9. The average Bonchev–Trinajstić information content (AvgIpc) is 2.96. The van der Waals surface area contributed by atoms with Gasteiger partial charge in [-0.1, -0.05) is 33.6 Å². The highest BCUT2D eigenvalue weighted by Crippen LogP contribution is 2.46. The second-order valence-corrected chi connectivity index (χ2v) is 6.39. The van der Waals surface area contributed by atoms with E-state index in [-0.39, 0.29) is 0 Å². The molecule has 0 radical (unpaired) electrons. The van der Waals surface area contributed by atoms with E-state index in [1.807, 2.05) is 0 Å². The van der Waals surface area contributed by atoms with Crippen LogP contribution in [0.25, 0.3) is 0 Å². The molecule has 0 amide bonds. The number of hydrogen-bond donors (Lipinski definition) is 1. The maximum absolute atomic E-state index is 3.85. The van der Waals surface area contributed by atoms with Gasteiger partial charge in [0.1, 0.15) is 0 Å². The fraction of sp³-hybridized carbons (Fsp3) is 1.00. The fourth-order valence-corrected chi connectivity index (χ4v) is 3.64. The number of nitrogens with one attached hydrogen (secondary N) is 1. The van der Waals surface area contributed by atoms with Crippen molar-refractivity contribution in [3.8, 4) is 0 Å². The molecule has 5 unspecified atom stereocenters. The lowest BCUT2D eigenvalue weighted by molar-refractivity contribution is 0.203. The Hall–Kier alpha value is -0.0400. The van der Waals surface area contributed by atoms with Crippen molar-refractivity contribution < 1.29 is 0 Å². The van der Waals surface area contributed by atoms with Crippen molar-refractivity contribution >= 4 is 0 Å². The molecule has 2 saturated carbocycles. The molecule has 0 aromatic rings. The smallest absolute Gasteiger partial charge is 0.0126 e. The molecule has 94 valence electrons. The lowest BCUT2D eigenvalue weighted by Gasteiger charge is -2.34. The molecule has 2 fully saturated rings. The van der Waals surface area contributed by atoms with Crippen LogP contribution in [-0.4, -0.2) is 12.6 Å². The van der Waals surface area contributed by atoms with Crippen molar-refractivity contribution in [3.05, 3.63) is 0 Å². The van der Waals surface area contributed by atoms with Gasteiger partial charge in [-0.15, -0.1) is 0 Å². The predicted octanol–water partition coefficient (Wildman–Crippen LogP) is 3.84. The third kappa shape index (κ3) is 3.00. The van der Waals surface area contributed by atoms with E-state index in [9.17, 15) is 0 Å². The van der Waals surface area contributed by atoms with Gasteiger partial charge in [0, 0.05) is 6.04 Å². The molecule has 0 aliphatic heterocycles. The maximum Gasteiger partial charge on any atom is 0.0126 e. The van der Waals surface area contributed by atoms with Crippen LogP contribution in [0.15, 0.2) is 0 Å². The van der Waals surface area contributed by atoms with Crippen molar-refractivity contribution in [3.63, 3.8) is 0 Å². The summed E-state index contributed by atoms with van der Waals surface area (Å²) in [5.74, 6) is 3.94. The van der Waals surface area contributed by atoms with Crippen molar-refractivity contribution in [2.45, 2.75) is 65.3 Å². The molecule has 2 rings (SSSR count). The van der Waals surface area contributed by atoms with E-state index in [2.05, 4.69) is 26.1 Å². The number of rotatable bonds is 5. The molecule has 0 heterocycles. The molecule has 5 atom stereocenters. The molecule has 1 heteroatoms. The SMILES string of the molecule is CCCNC(C1CCCC(C)C1)C1CC1C. The van der Waals surface area contributed by atoms with Crippen LogP contribution in [0, 0.1) is 23.7 Å².